The highest BCUT2D eigenvalue weighted by atomic mass is 16.5. The molecule has 152 valence electrons. The fraction of sp³-hybridized carbons (Fsp3) is 0.304. The highest BCUT2D eigenvalue weighted by molar-refractivity contribution is 6.45. The summed E-state index contributed by atoms with van der Waals surface area (Å²) < 4.78 is 5.48. The maximum atomic E-state index is 13.4. The minimum atomic E-state index is -0.387. The first-order chi connectivity index (χ1) is 13.9. The molecule has 0 fully saturated rings. The molecule has 1 N–H and O–H groups in total. The molecule has 0 unspecified atom stereocenters. The van der Waals surface area contributed by atoms with Crippen LogP contribution < -0.4 is 9.64 Å². The molecule has 0 atom stereocenters. The predicted octanol–water partition coefficient (Wildman–Crippen LogP) is 2.91. The third-order valence-electron chi connectivity index (χ3n) is 4.92. The van der Waals surface area contributed by atoms with Crippen LogP contribution in [-0.2, 0) is 9.59 Å². The summed E-state index contributed by atoms with van der Waals surface area (Å²) in [6, 6.07) is 12.8. The van der Waals surface area contributed by atoms with Gasteiger partial charge in [0.25, 0.3) is 11.8 Å². The van der Waals surface area contributed by atoms with E-state index in [1.807, 2.05) is 32.9 Å². The first-order valence-corrected chi connectivity index (χ1v) is 9.64. The molecule has 0 aromatic heterocycles. The number of rotatable bonds is 7. The Morgan fingerprint density at radius 2 is 1.72 bits per heavy atom. The molecule has 6 heteroatoms. The smallest absolute Gasteiger partial charge is 0.282 e. The van der Waals surface area contributed by atoms with Gasteiger partial charge in [-0.3, -0.25) is 9.59 Å². The number of benzene rings is 2. The number of carbonyl (C=O) groups is 2. The summed E-state index contributed by atoms with van der Waals surface area (Å²) in [5, 5.41) is 9.37. The van der Waals surface area contributed by atoms with E-state index in [0.29, 0.717) is 29.2 Å². The number of hydrogen-bond acceptors (Lipinski definition) is 5. The van der Waals surface area contributed by atoms with E-state index in [9.17, 15) is 14.7 Å². The van der Waals surface area contributed by atoms with Gasteiger partial charge < -0.3 is 14.7 Å². The van der Waals surface area contributed by atoms with Gasteiger partial charge in [-0.1, -0.05) is 29.8 Å². The maximum Gasteiger partial charge on any atom is 0.282 e. The van der Waals surface area contributed by atoms with Gasteiger partial charge in [0.05, 0.1) is 24.5 Å². The fourth-order valence-electron chi connectivity index (χ4n) is 3.55. The minimum absolute atomic E-state index is 0.123. The number of aryl methyl sites for hydroxylation is 2. The van der Waals surface area contributed by atoms with Crippen molar-refractivity contribution in [2.24, 2.45) is 0 Å². The van der Waals surface area contributed by atoms with Crippen LogP contribution in [0.2, 0.25) is 0 Å². The topological polar surface area (TPSA) is 70.1 Å². The molecule has 2 amide bonds. The second kappa shape index (κ2) is 8.49. The van der Waals surface area contributed by atoms with Gasteiger partial charge in [0.1, 0.15) is 11.4 Å². The molecule has 1 aliphatic heterocycles. The molecule has 3 rings (SSSR count). The zero-order valence-corrected chi connectivity index (χ0v) is 17.2. The van der Waals surface area contributed by atoms with Crippen molar-refractivity contribution in [3.63, 3.8) is 0 Å². The number of amides is 2. The molecule has 2 aromatic rings. The normalized spacial score (nSPS) is 14.0. The Kier molecular flexibility index (Phi) is 6.03. The molecule has 0 saturated heterocycles. The Morgan fingerprint density at radius 1 is 1.03 bits per heavy atom. The highest BCUT2D eigenvalue weighted by Gasteiger charge is 2.42. The second-order valence-electron chi connectivity index (χ2n) is 7.06. The second-order valence-corrected chi connectivity index (χ2v) is 7.06. The van der Waals surface area contributed by atoms with Crippen molar-refractivity contribution in [2.75, 3.05) is 31.7 Å². The number of carbonyl (C=O) groups excluding carboxylic acids is 2. The number of likely N-dealkylation sites (N-methyl/N-ethyl adjacent to an activating group) is 1. The number of hydrogen-bond donors (Lipinski definition) is 1. The van der Waals surface area contributed by atoms with Crippen molar-refractivity contribution >= 4 is 23.1 Å². The summed E-state index contributed by atoms with van der Waals surface area (Å²) in [4.78, 5) is 29.6. The average Bonchev–Trinajstić information content (AvgIpc) is 2.94. The summed E-state index contributed by atoms with van der Waals surface area (Å²) in [7, 11) is 1.71. The largest absolute Gasteiger partial charge is 0.494 e. The van der Waals surface area contributed by atoms with Crippen LogP contribution in [0.3, 0.4) is 0 Å². The van der Waals surface area contributed by atoms with Crippen molar-refractivity contribution in [1.29, 1.82) is 0 Å². The molecule has 0 saturated carbocycles. The van der Waals surface area contributed by atoms with Crippen LogP contribution in [0.15, 0.2) is 48.2 Å². The quantitative estimate of drug-likeness (QED) is 0.732. The van der Waals surface area contributed by atoms with E-state index < -0.39 is 0 Å². The number of aliphatic hydroxyl groups excluding tert-OH is 1. The zero-order valence-electron chi connectivity index (χ0n) is 17.2. The minimum Gasteiger partial charge on any atom is -0.494 e. The summed E-state index contributed by atoms with van der Waals surface area (Å²) in [6.45, 7) is 6.42. The lowest BCUT2D eigenvalue weighted by Crippen LogP contribution is -2.35. The first kappa shape index (κ1) is 20.6. The van der Waals surface area contributed by atoms with E-state index >= 15 is 0 Å². The van der Waals surface area contributed by atoms with Crippen molar-refractivity contribution in [3.05, 3.63) is 64.9 Å². The number of nitrogens with zero attached hydrogens (tertiary/aromatic N) is 2. The van der Waals surface area contributed by atoms with Crippen LogP contribution in [-0.4, -0.2) is 48.6 Å². The van der Waals surface area contributed by atoms with Gasteiger partial charge in [-0.15, -0.1) is 0 Å². The van der Waals surface area contributed by atoms with Crippen molar-refractivity contribution in [2.45, 2.75) is 20.8 Å². The molecule has 0 spiro atoms. The van der Waals surface area contributed by atoms with Gasteiger partial charge >= 0.3 is 0 Å². The molecule has 29 heavy (non-hydrogen) atoms. The molecule has 1 aliphatic rings. The van der Waals surface area contributed by atoms with Crippen molar-refractivity contribution in [1.82, 2.24) is 4.90 Å². The molecule has 0 radical (unpaired) electrons. The van der Waals surface area contributed by atoms with Crippen LogP contribution in [0.4, 0.5) is 5.69 Å². The molecule has 0 aliphatic carbocycles. The fourth-order valence-corrected chi connectivity index (χ4v) is 3.55. The van der Waals surface area contributed by atoms with E-state index in [2.05, 4.69) is 0 Å². The third kappa shape index (κ3) is 3.89. The Hall–Kier alpha value is -3.12. The van der Waals surface area contributed by atoms with Gasteiger partial charge in [0.2, 0.25) is 0 Å². The predicted molar refractivity (Wildman–Crippen MR) is 113 cm³/mol. The van der Waals surface area contributed by atoms with Crippen LogP contribution in [0, 0.1) is 13.8 Å². The monoisotopic (exact) mass is 394 g/mol. The van der Waals surface area contributed by atoms with Crippen LogP contribution in [0.5, 0.6) is 5.75 Å². The van der Waals surface area contributed by atoms with Crippen molar-refractivity contribution in [3.8, 4) is 5.75 Å². The van der Waals surface area contributed by atoms with E-state index in [4.69, 9.17) is 4.74 Å². The number of imide groups is 1. The Labute approximate surface area is 171 Å². The average molecular weight is 394 g/mol. The zero-order chi connectivity index (χ0) is 21.1. The SMILES string of the molecule is CCOc1ccc(C2=C(N(C)CCO)C(=O)N(c3ccc(C)cc3C)C2=O)cc1. The van der Waals surface area contributed by atoms with E-state index in [1.165, 1.54) is 4.90 Å². The number of aliphatic hydroxyl groups is 1. The molecule has 6 nitrogen and oxygen atoms in total. The summed E-state index contributed by atoms with van der Waals surface area (Å²) in [5.41, 5.74) is 3.73. The number of anilines is 1. The van der Waals surface area contributed by atoms with Gasteiger partial charge in [-0.25, -0.2) is 4.90 Å². The number of ether oxygens (including phenoxy) is 1. The van der Waals surface area contributed by atoms with Crippen LogP contribution in [0.25, 0.3) is 5.57 Å². The lowest BCUT2D eigenvalue weighted by molar-refractivity contribution is -0.120. The Balaban J connectivity index is 2.10. The maximum absolute atomic E-state index is 13.4. The standard InChI is InChI=1S/C23H26N2O4/c1-5-29-18-9-7-17(8-10-18)20-21(24(4)12-13-26)23(28)25(22(20)27)19-11-6-15(2)14-16(19)3/h6-11,14,26H,5,12-13H2,1-4H3. The molecular weight excluding hydrogens is 368 g/mol. The summed E-state index contributed by atoms with van der Waals surface area (Å²) >= 11 is 0. The summed E-state index contributed by atoms with van der Waals surface area (Å²) in [5.74, 6) is -0.0576. The van der Waals surface area contributed by atoms with Gasteiger partial charge in [-0.05, 0) is 50.1 Å². The van der Waals surface area contributed by atoms with Crippen LogP contribution in [0.1, 0.15) is 23.6 Å². The van der Waals surface area contributed by atoms with E-state index in [0.717, 1.165) is 11.1 Å². The molecule has 1 heterocycles. The highest BCUT2D eigenvalue weighted by Crippen LogP contribution is 2.36. The molecule has 2 aromatic carbocycles. The lowest BCUT2D eigenvalue weighted by Gasteiger charge is -2.21. The van der Waals surface area contributed by atoms with Gasteiger partial charge in [0.15, 0.2) is 0 Å². The van der Waals surface area contributed by atoms with Crippen molar-refractivity contribution < 1.29 is 19.4 Å². The van der Waals surface area contributed by atoms with E-state index in [1.54, 1.807) is 42.3 Å². The lowest BCUT2D eigenvalue weighted by atomic mass is 10.0. The molecule has 0 bridgehead atoms. The van der Waals surface area contributed by atoms with Gasteiger partial charge in [-0.2, -0.15) is 0 Å². The summed E-state index contributed by atoms with van der Waals surface area (Å²) in [6.07, 6.45) is 0. The third-order valence-corrected chi connectivity index (χ3v) is 4.92. The van der Waals surface area contributed by atoms with E-state index in [-0.39, 0.29) is 30.7 Å². The Bertz CT molecular complexity index is 963. The first-order valence-electron chi connectivity index (χ1n) is 9.64. The molecular formula is C23H26N2O4. The van der Waals surface area contributed by atoms with Gasteiger partial charge in [0, 0.05) is 13.6 Å². The Morgan fingerprint density at radius 3 is 2.31 bits per heavy atom. The van der Waals surface area contributed by atoms with Crippen LogP contribution >= 0.6 is 0 Å².